The highest BCUT2D eigenvalue weighted by molar-refractivity contribution is 7.87. The summed E-state index contributed by atoms with van der Waals surface area (Å²) in [6, 6.07) is 0. The van der Waals surface area contributed by atoms with Crippen molar-refractivity contribution >= 4 is 16.3 Å². The Morgan fingerprint density at radius 2 is 1.83 bits per heavy atom. The van der Waals surface area contributed by atoms with Crippen molar-refractivity contribution in [2.75, 3.05) is 6.61 Å². The van der Waals surface area contributed by atoms with Crippen LogP contribution >= 0.6 is 0 Å². The van der Waals surface area contributed by atoms with Gasteiger partial charge >= 0.3 is 16.3 Å². The topological polar surface area (TPSA) is 78.9 Å². The second kappa shape index (κ2) is 5.44. The fraction of sp³-hybridized carbons (Fsp3) is 0.909. The zero-order valence-electron chi connectivity index (χ0n) is 10.3. The molecule has 0 bridgehead atoms. The van der Waals surface area contributed by atoms with Crippen molar-refractivity contribution in [3.8, 4) is 0 Å². The van der Waals surface area contributed by atoms with E-state index in [1.807, 2.05) is 0 Å². The SMILES string of the molecule is CC1CCC(OS(=O)(=O)C2CCOC(=O)O2)CC1. The number of carbonyl (C=O) groups is 1. The van der Waals surface area contributed by atoms with Gasteiger partial charge in [0, 0.05) is 6.42 Å². The Hall–Kier alpha value is -0.820. The number of hydrogen-bond donors (Lipinski definition) is 0. The Bertz CT molecular complexity index is 396. The van der Waals surface area contributed by atoms with Gasteiger partial charge in [-0.1, -0.05) is 6.92 Å². The summed E-state index contributed by atoms with van der Waals surface area (Å²) in [7, 11) is -3.86. The molecule has 0 amide bonds. The highest BCUT2D eigenvalue weighted by Crippen LogP contribution is 2.28. The van der Waals surface area contributed by atoms with Gasteiger partial charge < -0.3 is 9.47 Å². The fourth-order valence-corrected chi connectivity index (χ4v) is 3.50. The lowest BCUT2D eigenvalue weighted by atomic mass is 9.89. The maximum Gasteiger partial charge on any atom is 0.509 e. The molecule has 1 atom stereocenters. The van der Waals surface area contributed by atoms with E-state index in [0.29, 0.717) is 5.92 Å². The van der Waals surface area contributed by atoms with E-state index in [4.69, 9.17) is 4.18 Å². The van der Waals surface area contributed by atoms with E-state index in [-0.39, 0.29) is 19.1 Å². The van der Waals surface area contributed by atoms with Gasteiger partial charge in [-0.15, -0.1) is 0 Å². The summed E-state index contributed by atoms with van der Waals surface area (Å²) >= 11 is 0. The number of carbonyl (C=O) groups excluding carboxylic acids is 1. The molecular formula is C11H18O6S. The van der Waals surface area contributed by atoms with Crippen LogP contribution in [0.15, 0.2) is 0 Å². The van der Waals surface area contributed by atoms with Crippen LogP contribution in [0.25, 0.3) is 0 Å². The van der Waals surface area contributed by atoms with E-state index in [1.54, 1.807) is 0 Å². The number of hydrogen-bond acceptors (Lipinski definition) is 6. The molecule has 1 aliphatic carbocycles. The maximum atomic E-state index is 11.9. The summed E-state index contributed by atoms with van der Waals surface area (Å²) in [6.45, 7) is 2.19. The van der Waals surface area contributed by atoms with E-state index in [0.717, 1.165) is 25.7 Å². The van der Waals surface area contributed by atoms with Crippen LogP contribution in [0.1, 0.15) is 39.0 Å². The summed E-state index contributed by atoms with van der Waals surface area (Å²) < 4.78 is 38.2. The molecule has 2 fully saturated rings. The molecule has 0 spiro atoms. The fourth-order valence-electron chi connectivity index (χ4n) is 2.22. The van der Waals surface area contributed by atoms with Crippen LogP contribution in [-0.4, -0.2) is 32.7 Å². The number of rotatable bonds is 3. The van der Waals surface area contributed by atoms with Crippen LogP contribution in [0.5, 0.6) is 0 Å². The Morgan fingerprint density at radius 3 is 2.44 bits per heavy atom. The summed E-state index contributed by atoms with van der Waals surface area (Å²) in [5.41, 5.74) is -1.22. The van der Waals surface area contributed by atoms with E-state index in [9.17, 15) is 13.2 Å². The van der Waals surface area contributed by atoms with E-state index in [1.165, 1.54) is 0 Å². The monoisotopic (exact) mass is 278 g/mol. The summed E-state index contributed by atoms with van der Waals surface area (Å²) in [5, 5.41) is 0. The predicted octanol–water partition coefficient (Wildman–Crippen LogP) is 1.79. The molecule has 1 saturated carbocycles. The lowest BCUT2D eigenvalue weighted by molar-refractivity contribution is -0.00168. The minimum atomic E-state index is -3.86. The quantitative estimate of drug-likeness (QED) is 0.578. The maximum absolute atomic E-state index is 11.9. The molecule has 6 nitrogen and oxygen atoms in total. The van der Waals surface area contributed by atoms with Crippen LogP contribution in [-0.2, 0) is 23.8 Å². The first-order valence-electron chi connectivity index (χ1n) is 6.23. The van der Waals surface area contributed by atoms with Crippen molar-refractivity contribution < 1.29 is 26.9 Å². The smallest absolute Gasteiger partial charge is 0.434 e. The molecular weight excluding hydrogens is 260 g/mol. The van der Waals surface area contributed by atoms with Crippen molar-refractivity contribution in [3.05, 3.63) is 0 Å². The Kier molecular flexibility index (Phi) is 4.11. The van der Waals surface area contributed by atoms with Gasteiger partial charge in [-0.2, -0.15) is 8.42 Å². The predicted molar refractivity (Wildman–Crippen MR) is 62.3 cm³/mol. The third-order valence-electron chi connectivity index (χ3n) is 3.36. The Labute approximate surface area is 107 Å². The van der Waals surface area contributed by atoms with Crippen molar-refractivity contribution in [1.29, 1.82) is 0 Å². The highest BCUT2D eigenvalue weighted by Gasteiger charge is 2.36. The average Bonchev–Trinajstić information content (AvgIpc) is 2.32. The number of ether oxygens (including phenoxy) is 2. The minimum Gasteiger partial charge on any atom is -0.434 e. The van der Waals surface area contributed by atoms with E-state index >= 15 is 0 Å². The first-order chi connectivity index (χ1) is 8.47. The largest absolute Gasteiger partial charge is 0.509 e. The van der Waals surface area contributed by atoms with E-state index < -0.39 is 21.7 Å². The number of cyclic esters (lactones) is 2. The minimum absolute atomic E-state index is 0.0494. The Morgan fingerprint density at radius 1 is 1.17 bits per heavy atom. The van der Waals surface area contributed by atoms with Crippen LogP contribution in [0.3, 0.4) is 0 Å². The van der Waals surface area contributed by atoms with Gasteiger partial charge in [0.2, 0.25) is 5.44 Å². The normalized spacial score (nSPS) is 33.6. The third kappa shape index (κ3) is 3.35. The summed E-state index contributed by atoms with van der Waals surface area (Å²) in [4.78, 5) is 10.9. The molecule has 2 aliphatic rings. The van der Waals surface area contributed by atoms with Gasteiger partial charge in [0.15, 0.2) is 0 Å². The molecule has 104 valence electrons. The first-order valence-corrected chi connectivity index (χ1v) is 7.70. The molecule has 1 aliphatic heterocycles. The molecule has 1 heterocycles. The van der Waals surface area contributed by atoms with Crippen molar-refractivity contribution in [3.63, 3.8) is 0 Å². The van der Waals surface area contributed by atoms with Crippen LogP contribution < -0.4 is 0 Å². The van der Waals surface area contributed by atoms with Gasteiger partial charge in [-0.25, -0.2) is 4.79 Å². The highest BCUT2D eigenvalue weighted by atomic mass is 32.2. The van der Waals surface area contributed by atoms with Crippen LogP contribution in [0.2, 0.25) is 0 Å². The molecule has 1 unspecified atom stereocenters. The van der Waals surface area contributed by atoms with Crippen molar-refractivity contribution in [2.24, 2.45) is 5.92 Å². The van der Waals surface area contributed by atoms with E-state index in [2.05, 4.69) is 16.4 Å². The lowest BCUT2D eigenvalue weighted by Gasteiger charge is -2.28. The molecule has 0 radical (unpaired) electrons. The molecule has 0 N–H and O–H groups in total. The molecule has 18 heavy (non-hydrogen) atoms. The standard InChI is InChI=1S/C11H18O6S/c1-8-2-4-9(5-3-8)17-18(13,14)10-6-7-15-11(12)16-10/h8-10H,2-7H2,1H3. The molecule has 0 aromatic carbocycles. The second-order valence-electron chi connectivity index (χ2n) is 4.91. The third-order valence-corrected chi connectivity index (χ3v) is 4.87. The van der Waals surface area contributed by atoms with Crippen molar-refractivity contribution in [1.82, 2.24) is 0 Å². The Balaban J connectivity index is 1.92. The molecule has 2 rings (SSSR count). The first kappa shape index (κ1) is 13.6. The van der Waals surface area contributed by atoms with Gasteiger partial charge in [0.1, 0.15) is 0 Å². The zero-order valence-corrected chi connectivity index (χ0v) is 11.1. The van der Waals surface area contributed by atoms with Crippen LogP contribution in [0, 0.1) is 5.92 Å². The van der Waals surface area contributed by atoms with Gasteiger partial charge in [0.25, 0.3) is 0 Å². The summed E-state index contributed by atoms with van der Waals surface area (Å²) in [5.74, 6) is 0.619. The van der Waals surface area contributed by atoms with Gasteiger partial charge in [-0.05, 0) is 31.6 Å². The zero-order chi connectivity index (χ0) is 13.2. The average molecular weight is 278 g/mol. The molecule has 0 aromatic heterocycles. The van der Waals surface area contributed by atoms with Crippen LogP contribution in [0.4, 0.5) is 4.79 Å². The summed E-state index contributed by atoms with van der Waals surface area (Å²) in [6.07, 6.45) is 2.29. The van der Waals surface area contributed by atoms with Gasteiger partial charge in [0.05, 0.1) is 12.7 Å². The van der Waals surface area contributed by atoms with Crippen molar-refractivity contribution in [2.45, 2.75) is 50.6 Å². The van der Waals surface area contributed by atoms with Gasteiger partial charge in [-0.3, -0.25) is 4.18 Å². The second-order valence-corrected chi connectivity index (χ2v) is 6.61. The lowest BCUT2D eigenvalue weighted by Crippen LogP contribution is -2.37. The molecule has 0 aromatic rings. The molecule has 7 heteroatoms. The molecule has 1 saturated heterocycles.